The summed E-state index contributed by atoms with van der Waals surface area (Å²) < 4.78 is 0. The Hall–Kier alpha value is -1.39. The Morgan fingerprint density at radius 2 is 2.09 bits per heavy atom. The number of hydrogen-bond donors (Lipinski definition) is 1. The van der Waals surface area contributed by atoms with Crippen molar-refractivity contribution in [1.29, 1.82) is 0 Å². The van der Waals surface area contributed by atoms with E-state index in [9.17, 15) is 4.79 Å². The van der Waals surface area contributed by atoms with Crippen LogP contribution in [0.15, 0.2) is 24.3 Å². The van der Waals surface area contributed by atoms with Gasteiger partial charge in [0, 0.05) is 4.88 Å². The molecule has 0 radical (unpaired) electrons. The van der Waals surface area contributed by atoms with Crippen LogP contribution in [0.3, 0.4) is 0 Å². The first kappa shape index (κ1) is 16.5. The number of aromatic nitrogens is 1. The smallest absolute Gasteiger partial charge is 0.258 e. The van der Waals surface area contributed by atoms with Gasteiger partial charge in [0.15, 0.2) is 5.13 Å². The summed E-state index contributed by atoms with van der Waals surface area (Å²) in [7, 11) is 0. The molecule has 1 unspecified atom stereocenters. The van der Waals surface area contributed by atoms with Gasteiger partial charge in [-0.1, -0.05) is 44.5 Å². The summed E-state index contributed by atoms with van der Waals surface area (Å²) in [5.74, 6) is 0.469. The maximum atomic E-state index is 12.3. The van der Waals surface area contributed by atoms with E-state index < -0.39 is 0 Å². The molecule has 1 atom stereocenters. The van der Waals surface area contributed by atoms with Crippen molar-refractivity contribution in [1.82, 2.24) is 4.98 Å². The quantitative estimate of drug-likeness (QED) is 0.810. The van der Waals surface area contributed by atoms with Crippen LogP contribution in [0.2, 0.25) is 5.02 Å². The Balaban J connectivity index is 1.76. The second-order valence-corrected chi connectivity index (χ2v) is 8.62. The van der Waals surface area contributed by atoms with Gasteiger partial charge in [-0.15, -0.1) is 11.3 Å². The number of halogens is 1. The molecule has 23 heavy (non-hydrogen) atoms. The molecule has 2 aromatic rings. The Morgan fingerprint density at radius 1 is 1.35 bits per heavy atom. The van der Waals surface area contributed by atoms with E-state index in [1.165, 1.54) is 4.88 Å². The number of carbonyl (C=O) groups is 1. The van der Waals surface area contributed by atoms with Crippen LogP contribution < -0.4 is 5.32 Å². The number of anilines is 1. The van der Waals surface area contributed by atoms with E-state index in [4.69, 9.17) is 11.6 Å². The van der Waals surface area contributed by atoms with Gasteiger partial charge in [0.1, 0.15) is 0 Å². The van der Waals surface area contributed by atoms with Gasteiger partial charge in [0.05, 0.1) is 16.3 Å². The molecule has 122 valence electrons. The lowest BCUT2D eigenvalue weighted by atomic mass is 9.73. The Morgan fingerprint density at radius 3 is 2.78 bits per heavy atom. The van der Waals surface area contributed by atoms with Gasteiger partial charge >= 0.3 is 0 Å². The minimum atomic E-state index is -0.200. The van der Waals surface area contributed by atoms with Crippen molar-refractivity contribution in [3.05, 3.63) is 45.4 Å². The van der Waals surface area contributed by atoms with E-state index in [2.05, 4.69) is 31.1 Å². The van der Waals surface area contributed by atoms with Crippen molar-refractivity contribution in [2.45, 2.75) is 40.0 Å². The third kappa shape index (κ3) is 3.59. The monoisotopic (exact) mass is 348 g/mol. The topological polar surface area (TPSA) is 42.0 Å². The molecule has 1 amide bonds. The third-order valence-corrected chi connectivity index (χ3v) is 5.87. The molecule has 5 heteroatoms. The van der Waals surface area contributed by atoms with Crippen molar-refractivity contribution in [2.75, 3.05) is 5.32 Å². The summed E-state index contributed by atoms with van der Waals surface area (Å²) in [5.41, 5.74) is 1.93. The van der Waals surface area contributed by atoms with Crippen LogP contribution in [0.5, 0.6) is 0 Å². The Labute approximate surface area is 146 Å². The average Bonchev–Trinajstić information content (AvgIpc) is 2.87. The van der Waals surface area contributed by atoms with Crippen LogP contribution in [0, 0.1) is 11.3 Å². The number of rotatable bonds is 2. The van der Waals surface area contributed by atoms with Gasteiger partial charge < -0.3 is 0 Å². The highest BCUT2D eigenvalue weighted by molar-refractivity contribution is 7.15. The first-order chi connectivity index (χ1) is 10.8. The minimum Gasteiger partial charge on any atom is -0.298 e. The SMILES string of the molecule is CC(C)(C)C1CCc2nc(NC(=O)c3ccccc3Cl)sc2C1. The number of fused-ring (bicyclic) bond motifs is 1. The molecule has 1 aliphatic rings. The van der Waals surface area contributed by atoms with E-state index in [1.54, 1.807) is 23.5 Å². The van der Waals surface area contributed by atoms with Crippen LogP contribution in [0.4, 0.5) is 5.13 Å². The van der Waals surface area contributed by atoms with E-state index >= 15 is 0 Å². The Kier molecular flexibility index (Phi) is 4.47. The molecule has 0 fully saturated rings. The zero-order chi connectivity index (χ0) is 16.6. The van der Waals surface area contributed by atoms with Crippen LogP contribution in [-0.2, 0) is 12.8 Å². The number of nitrogens with one attached hydrogen (secondary N) is 1. The lowest BCUT2D eigenvalue weighted by Gasteiger charge is -2.33. The van der Waals surface area contributed by atoms with E-state index in [0.717, 1.165) is 25.0 Å². The summed E-state index contributed by atoms with van der Waals surface area (Å²) in [6.07, 6.45) is 3.21. The van der Waals surface area contributed by atoms with Crippen LogP contribution >= 0.6 is 22.9 Å². The number of nitrogens with zero attached hydrogens (tertiary/aromatic N) is 1. The first-order valence-electron chi connectivity index (χ1n) is 7.89. The molecular weight excluding hydrogens is 328 g/mol. The molecule has 0 saturated heterocycles. The molecule has 1 aliphatic carbocycles. The molecule has 1 aromatic heterocycles. The van der Waals surface area contributed by atoms with Gasteiger partial charge in [-0.2, -0.15) is 0 Å². The second-order valence-electron chi connectivity index (χ2n) is 7.13. The van der Waals surface area contributed by atoms with Crippen molar-refractivity contribution in [3.63, 3.8) is 0 Å². The predicted molar refractivity (Wildman–Crippen MR) is 96.5 cm³/mol. The number of amides is 1. The van der Waals surface area contributed by atoms with Gasteiger partial charge in [0.25, 0.3) is 5.91 Å². The fourth-order valence-corrected chi connectivity index (χ4v) is 4.28. The number of benzene rings is 1. The van der Waals surface area contributed by atoms with Crippen LogP contribution in [0.1, 0.15) is 48.1 Å². The molecule has 1 N–H and O–H groups in total. The standard InChI is InChI=1S/C18H21ClN2OS/c1-18(2,3)11-8-9-14-15(10-11)23-17(20-14)21-16(22)12-6-4-5-7-13(12)19/h4-7,11H,8-10H2,1-3H3,(H,20,21,22). The fourth-order valence-electron chi connectivity index (χ4n) is 2.98. The summed E-state index contributed by atoms with van der Waals surface area (Å²) in [6, 6.07) is 7.06. The fraction of sp³-hybridized carbons (Fsp3) is 0.444. The highest BCUT2D eigenvalue weighted by Gasteiger charge is 2.30. The van der Waals surface area contributed by atoms with E-state index in [1.807, 2.05) is 12.1 Å². The number of thiazole rings is 1. The van der Waals surface area contributed by atoms with Gasteiger partial charge in [-0.3, -0.25) is 10.1 Å². The summed E-state index contributed by atoms with van der Waals surface area (Å²) in [5, 5.41) is 4.03. The second kappa shape index (κ2) is 6.25. The molecule has 3 rings (SSSR count). The number of hydrogen-bond acceptors (Lipinski definition) is 3. The summed E-state index contributed by atoms with van der Waals surface area (Å²) in [6.45, 7) is 6.89. The number of aryl methyl sites for hydroxylation is 1. The summed E-state index contributed by atoms with van der Waals surface area (Å²) >= 11 is 7.68. The zero-order valence-electron chi connectivity index (χ0n) is 13.6. The molecular formula is C18H21ClN2OS. The van der Waals surface area contributed by atoms with Gasteiger partial charge in [0.2, 0.25) is 0 Å². The maximum Gasteiger partial charge on any atom is 0.258 e. The first-order valence-corrected chi connectivity index (χ1v) is 9.08. The molecule has 3 nitrogen and oxygen atoms in total. The molecule has 0 saturated carbocycles. The minimum absolute atomic E-state index is 0.200. The van der Waals surface area contributed by atoms with E-state index in [-0.39, 0.29) is 5.91 Å². The number of carbonyl (C=O) groups excluding carboxylic acids is 1. The van der Waals surface area contributed by atoms with Crippen molar-refractivity contribution in [2.24, 2.45) is 11.3 Å². The highest BCUT2D eigenvalue weighted by Crippen LogP contribution is 2.40. The molecule has 1 aromatic carbocycles. The maximum absolute atomic E-state index is 12.3. The Bertz CT molecular complexity index is 733. The van der Waals surface area contributed by atoms with Crippen LogP contribution in [-0.4, -0.2) is 10.9 Å². The molecule has 0 spiro atoms. The van der Waals surface area contributed by atoms with E-state index in [0.29, 0.717) is 27.1 Å². The lowest BCUT2D eigenvalue weighted by Crippen LogP contribution is -2.26. The average molecular weight is 349 g/mol. The van der Waals surface area contributed by atoms with Gasteiger partial charge in [-0.05, 0) is 42.7 Å². The molecule has 0 bridgehead atoms. The molecule has 1 heterocycles. The predicted octanol–water partition coefficient (Wildman–Crippen LogP) is 5.20. The molecule has 0 aliphatic heterocycles. The van der Waals surface area contributed by atoms with Crippen molar-refractivity contribution >= 4 is 34.0 Å². The third-order valence-electron chi connectivity index (χ3n) is 4.50. The lowest BCUT2D eigenvalue weighted by molar-refractivity contribution is 0.102. The zero-order valence-corrected chi connectivity index (χ0v) is 15.2. The normalized spacial score (nSPS) is 17.7. The summed E-state index contributed by atoms with van der Waals surface area (Å²) in [4.78, 5) is 18.3. The van der Waals surface area contributed by atoms with Crippen molar-refractivity contribution in [3.8, 4) is 0 Å². The highest BCUT2D eigenvalue weighted by atomic mass is 35.5. The van der Waals surface area contributed by atoms with Crippen LogP contribution in [0.25, 0.3) is 0 Å². The van der Waals surface area contributed by atoms with Crippen molar-refractivity contribution < 1.29 is 4.79 Å². The largest absolute Gasteiger partial charge is 0.298 e. The van der Waals surface area contributed by atoms with Gasteiger partial charge in [-0.25, -0.2) is 4.98 Å².